The van der Waals surface area contributed by atoms with E-state index in [-0.39, 0.29) is 0 Å². The largest absolute Gasteiger partial charge is 0.378 e. The molecular formula is C23H28N6. The van der Waals surface area contributed by atoms with Crippen molar-refractivity contribution in [2.24, 2.45) is 0 Å². The van der Waals surface area contributed by atoms with Gasteiger partial charge in [0.15, 0.2) is 0 Å². The first-order valence-corrected chi connectivity index (χ1v) is 10.1. The van der Waals surface area contributed by atoms with E-state index < -0.39 is 0 Å². The number of nitrogens with zero attached hydrogens (tertiary/aromatic N) is 4. The van der Waals surface area contributed by atoms with Gasteiger partial charge in [0.25, 0.3) is 0 Å². The third-order valence-corrected chi connectivity index (χ3v) is 5.10. The van der Waals surface area contributed by atoms with Gasteiger partial charge in [-0.25, -0.2) is 9.97 Å². The lowest BCUT2D eigenvalue weighted by molar-refractivity contribution is 0.949. The number of benzene rings is 2. The van der Waals surface area contributed by atoms with Gasteiger partial charge in [0, 0.05) is 56.0 Å². The number of nitrogens with one attached hydrogen (secondary N) is 2. The maximum absolute atomic E-state index is 4.53. The third-order valence-electron chi connectivity index (χ3n) is 5.10. The highest BCUT2D eigenvalue weighted by Gasteiger charge is 2.12. The second-order valence-corrected chi connectivity index (χ2v) is 7.62. The van der Waals surface area contributed by atoms with Gasteiger partial charge in [-0.05, 0) is 68.3 Å². The zero-order valence-corrected chi connectivity index (χ0v) is 17.3. The molecule has 0 saturated carbocycles. The minimum absolute atomic E-state index is 0.719. The summed E-state index contributed by atoms with van der Waals surface area (Å²) in [6.07, 6.45) is 2.57. The van der Waals surface area contributed by atoms with Gasteiger partial charge in [0.05, 0.1) is 0 Å². The van der Waals surface area contributed by atoms with Crippen LogP contribution < -0.4 is 20.4 Å². The smallest absolute Gasteiger partial charge is 0.136 e. The van der Waals surface area contributed by atoms with Crippen LogP contribution in [0.4, 0.5) is 34.4 Å². The van der Waals surface area contributed by atoms with Crippen molar-refractivity contribution in [3.05, 3.63) is 60.4 Å². The van der Waals surface area contributed by atoms with Crippen LogP contribution in [0.15, 0.2) is 54.6 Å². The highest BCUT2D eigenvalue weighted by molar-refractivity contribution is 5.66. The maximum Gasteiger partial charge on any atom is 0.136 e. The molecule has 29 heavy (non-hydrogen) atoms. The quantitative estimate of drug-likeness (QED) is 0.624. The van der Waals surface area contributed by atoms with Crippen LogP contribution in [0.5, 0.6) is 0 Å². The molecule has 0 spiro atoms. The van der Waals surface area contributed by atoms with Crippen LogP contribution in [0.1, 0.15) is 18.7 Å². The van der Waals surface area contributed by atoms with Crippen LogP contribution in [-0.2, 0) is 0 Å². The zero-order valence-electron chi connectivity index (χ0n) is 17.3. The van der Waals surface area contributed by atoms with Gasteiger partial charge in [-0.1, -0.05) is 0 Å². The Kier molecular flexibility index (Phi) is 5.51. The highest BCUT2D eigenvalue weighted by atomic mass is 15.1. The molecule has 0 atom stereocenters. The molecule has 6 nitrogen and oxygen atoms in total. The number of hydrogen-bond acceptors (Lipinski definition) is 6. The second kappa shape index (κ2) is 8.39. The van der Waals surface area contributed by atoms with Crippen LogP contribution in [-0.4, -0.2) is 37.2 Å². The molecule has 2 heterocycles. The van der Waals surface area contributed by atoms with Crippen molar-refractivity contribution in [2.75, 3.05) is 47.6 Å². The first-order chi connectivity index (χ1) is 14.1. The first kappa shape index (κ1) is 19.1. The maximum atomic E-state index is 4.53. The molecule has 1 saturated heterocycles. The Morgan fingerprint density at radius 2 is 1.31 bits per heavy atom. The molecule has 2 aromatic carbocycles. The third kappa shape index (κ3) is 4.77. The van der Waals surface area contributed by atoms with Gasteiger partial charge in [-0.3, -0.25) is 0 Å². The number of hydrogen-bond donors (Lipinski definition) is 2. The Bertz CT molecular complexity index is 944. The summed E-state index contributed by atoms with van der Waals surface area (Å²) in [5.41, 5.74) is 4.46. The van der Waals surface area contributed by atoms with Crippen LogP contribution in [0.25, 0.3) is 0 Å². The average molecular weight is 389 g/mol. The van der Waals surface area contributed by atoms with Gasteiger partial charge < -0.3 is 20.4 Å². The fraction of sp³-hybridized carbons (Fsp3) is 0.304. The molecule has 0 aliphatic carbocycles. The first-order valence-electron chi connectivity index (χ1n) is 10.1. The van der Waals surface area contributed by atoms with E-state index in [4.69, 9.17) is 0 Å². The van der Waals surface area contributed by atoms with E-state index in [0.717, 1.165) is 47.6 Å². The van der Waals surface area contributed by atoms with E-state index in [1.54, 1.807) is 0 Å². The van der Waals surface area contributed by atoms with Gasteiger partial charge in [-0.2, -0.15) is 0 Å². The molecule has 0 bridgehead atoms. The lowest BCUT2D eigenvalue weighted by Crippen LogP contribution is -2.17. The highest BCUT2D eigenvalue weighted by Crippen LogP contribution is 2.25. The summed E-state index contributed by atoms with van der Waals surface area (Å²) in [6, 6.07) is 18.8. The van der Waals surface area contributed by atoms with E-state index in [0.29, 0.717) is 0 Å². The Labute approximate surface area is 172 Å². The molecule has 3 aromatic rings. The molecule has 0 radical (unpaired) electrons. The monoisotopic (exact) mass is 388 g/mol. The molecule has 150 valence electrons. The van der Waals surface area contributed by atoms with Crippen LogP contribution >= 0.6 is 0 Å². The number of rotatable bonds is 6. The predicted octanol–water partition coefficient (Wildman–Crippen LogP) is 4.94. The Hall–Kier alpha value is -3.28. The van der Waals surface area contributed by atoms with Crippen LogP contribution in [0.3, 0.4) is 0 Å². The molecule has 0 amide bonds. The molecule has 1 aliphatic rings. The van der Waals surface area contributed by atoms with Gasteiger partial charge >= 0.3 is 0 Å². The van der Waals surface area contributed by atoms with E-state index in [1.165, 1.54) is 18.5 Å². The molecule has 4 rings (SSSR count). The zero-order chi connectivity index (χ0) is 20.2. The fourth-order valence-corrected chi connectivity index (χ4v) is 3.57. The molecule has 1 fully saturated rings. The van der Waals surface area contributed by atoms with Gasteiger partial charge in [0.2, 0.25) is 0 Å². The minimum atomic E-state index is 0.719. The number of aromatic nitrogens is 2. The van der Waals surface area contributed by atoms with Crippen molar-refractivity contribution in [1.82, 2.24) is 9.97 Å². The topological polar surface area (TPSA) is 56.3 Å². The van der Waals surface area contributed by atoms with E-state index in [9.17, 15) is 0 Å². The molecule has 1 aliphatic heterocycles. The van der Waals surface area contributed by atoms with Crippen molar-refractivity contribution >= 4 is 34.4 Å². The lowest BCUT2D eigenvalue weighted by Gasteiger charge is -2.18. The molecule has 2 N–H and O–H groups in total. The number of aryl methyl sites for hydroxylation is 1. The van der Waals surface area contributed by atoms with Gasteiger partial charge in [0.1, 0.15) is 17.5 Å². The summed E-state index contributed by atoms with van der Waals surface area (Å²) in [6.45, 7) is 4.22. The van der Waals surface area contributed by atoms with Gasteiger partial charge in [-0.15, -0.1) is 0 Å². The Morgan fingerprint density at radius 1 is 0.793 bits per heavy atom. The van der Waals surface area contributed by atoms with E-state index >= 15 is 0 Å². The van der Waals surface area contributed by atoms with E-state index in [1.807, 2.05) is 27.1 Å². The predicted molar refractivity (Wildman–Crippen MR) is 122 cm³/mol. The fourth-order valence-electron chi connectivity index (χ4n) is 3.57. The normalized spacial score (nSPS) is 13.4. The van der Waals surface area contributed by atoms with E-state index in [2.05, 4.69) is 78.9 Å². The van der Waals surface area contributed by atoms with Crippen molar-refractivity contribution in [3.8, 4) is 0 Å². The van der Waals surface area contributed by atoms with Crippen LogP contribution in [0.2, 0.25) is 0 Å². The molecular weight excluding hydrogens is 360 g/mol. The summed E-state index contributed by atoms with van der Waals surface area (Å²) in [5.74, 6) is 2.27. The van der Waals surface area contributed by atoms with Crippen LogP contribution in [0, 0.1) is 6.92 Å². The standard InChI is InChI=1S/C23H28N6/c1-17-24-22(26-18-6-10-20(11-7-18)28(2)3)16-23(25-17)27-19-8-12-21(13-9-19)29-14-4-5-15-29/h6-13,16H,4-5,14-15H2,1-3H3,(H2,24,25,26,27). The summed E-state index contributed by atoms with van der Waals surface area (Å²) >= 11 is 0. The summed E-state index contributed by atoms with van der Waals surface area (Å²) in [7, 11) is 4.07. The Balaban J connectivity index is 1.46. The van der Waals surface area contributed by atoms with Crippen molar-refractivity contribution in [3.63, 3.8) is 0 Å². The molecule has 6 heteroatoms. The van der Waals surface area contributed by atoms with Crippen molar-refractivity contribution < 1.29 is 0 Å². The minimum Gasteiger partial charge on any atom is -0.378 e. The second-order valence-electron chi connectivity index (χ2n) is 7.62. The Morgan fingerprint density at radius 3 is 1.83 bits per heavy atom. The molecule has 0 unspecified atom stereocenters. The number of anilines is 6. The summed E-state index contributed by atoms with van der Waals surface area (Å²) in [4.78, 5) is 13.6. The SMILES string of the molecule is Cc1nc(Nc2ccc(N(C)C)cc2)cc(Nc2ccc(N3CCCC3)cc2)n1. The summed E-state index contributed by atoms with van der Waals surface area (Å²) in [5, 5.41) is 6.76. The lowest BCUT2D eigenvalue weighted by atomic mass is 10.2. The average Bonchev–Trinajstić information content (AvgIpc) is 3.23. The van der Waals surface area contributed by atoms with Crippen molar-refractivity contribution in [2.45, 2.75) is 19.8 Å². The summed E-state index contributed by atoms with van der Waals surface area (Å²) < 4.78 is 0. The van der Waals surface area contributed by atoms with Crippen molar-refractivity contribution in [1.29, 1.82) is 0 Å². The molecule has 1 aromatic heterocycles.